The van der Waals surface area contributed by atoms with E-state index in [9.17, 15) is 0 Å². The van der Waals surface area contributed by atoms with E-state index in [0.717, 1.165) is 249 Å². The number of benzene rings is 10. The van der Waals surface area contributed by atoms with Gasteiger partial charge in [-0.3, -0.25) is 0 Å². The van der Waals surface area contributed by atoms with Gasteiger partial charge < -0.3 is 36.9 Å². The highest BCUT2D eigenvalue weighted by Crippen LogP contribution is 2.44. The minimum Gasteiger partial charge on any atom is -0.451 e. The Morgan fingerprint density at radius 3 is 0.885 bits per heavy atom. The number of ether oxygens (including phenoxy) is 1. The van der Waals surface area contributed by atoms with Crippen LogP contribution in [0, 0.1) is 55.4 Å². The maximum absolute atomic E-state index is 5.34. The van der Waals surface area contributed by atoms with E-state index in [1.54, 1.807) is 6.26 Å². The average Bonchev–Trinajstić information content (AvgIpc) is 1.64. The van der Waals surface area contributed by atoms with Crippen molar-refractivity contribution >= 4 is 131 Å². The van der Waals surface area contributed by atoms with Crippen LogP contribution in [0.4, 0.5) is 5.69 Å². The number of anilines is 1. The SMILES string of the molecule is Cc1nc(CCc2nc3c4ccccc4ccc3n2C)nc(C)c1-c1cocn1.Cc1nc(CCc2nc3c4ccccc4ccc3n2C)nc(C)c1Br.Cc1nc(CCc2nc3c4ccccc4ccc3n2C)nc(C)c1C1COC1.Cc1nc(CCc2nc3c4ccccc4ccc3n2C)nc(C)c1N1CCCC1.Cn1c(CCc2nc(C3CC3)cc(C3CC3)n2)nc2c3ccccc3ccc21. The summed E-state index contributed by atoms with van der Waals surface area (Å²) >= 11 is 3.53. The molecular weight excluding hydrogens is 1790 g/mol. The van der Waals surface area contributed by atoms with Gasteiger partial charge in [0.1, 0.15) is 70.2 Å². The molecule has 0 N–H and O–H groups in total. The first-order chi connectivity index (χ1) is 67.6. The molecule has 0 bridgehead atoms. The van der Waals surface area contributed by atoms with Crippen molar-refractivity contribution in [2.75, 3.05) is 31.2 Å². The molecule has 2 aliphatic carbocycles. The number of hydrogen-bond acceptors (Lipinski definition) is 19. The van der Waals surface area contributed by atoms with Crippen LogP contribution in [0.1, 0.15) is 177 Å². The van der Waals surface area contributed by atoms with Crippen molar-refractivity contribution in [2.24, 2.45) is 35.2 Å². The zero-order valence-electron chi connectivity index (χ0n) is 81.5. The van der Waals surface area contributed by atoms with Gasteiger partial charge in [-0.15, -0.1) is 0 Å². The van der Waals surface area contributed by atoms with Crippen molar-refractivity contribution in [3.8, 4) is 11.3 Å². The molecule has 2 saturated carbocycles. The molecule has 4 aliphatic rings. The molecule has 25 rings (SSSR count). The molecule has 0 radical (unpaired) electrons. The quantitative estimate of drug-likeness (QED) is 0.0687. The van der Waals surface area contributed by atoms with Crippen molar-refractivity contribution in [1.82, 2.24) is 103 Å². The number of aryl methyl sites for hydroxylation is 23. The normalized spacial score (nSPS) is 13.8. The molecule has 10 aromatic carbocycles. The van der Waals surface area contributed by atoms with Gasteiger partial charge >= 0.3 is 0 Å². The van der Waals surface area contributed by atoms with Crippen LogP contribution in [0.25, 0.3) is 120 Å². The average molecular weight is 1910 g/mol. The fraction of sp³-hybridized carbons (Fsp3) is 0.316. The Bertz CT molecular complexity index is 8130. The number of hydrogen-bond donors (Lipinski definition) is 0. The van der Waals surface area contributed by atoms with E-state index in [2.05, 4.69) is 310 Å². The predicted octanol–water partition coefficient (Wildman–Crippen LogP) is 22.9. The van der Waals surface area contributed by atoms with E-state index >= 15 is 0 Å². The Balaban J connectivity index is 0.000000103. The van der Waals surface area contributed by atoms with Crippen molar-refractivity contribution in [3.05, 3.63) is 326 Å². The molecule has 11 aromatic heterocycles. The zero-order chi connectivity index (χ0) is 95.4. The van der Waals surface area contributed by atoms with E-state index in [1.807, 2.05) is 27.7 Å². The molecule has 2 saturated heterocycles. The Morgan fingerprint density at radius 2 is 0.597 bits per heavy atom. The minimum atomic E-state index is 0.460. The van der Waals surface area contributed by atoms with E-state index in [0.29, 0.717) is 17.8 Å². The summed E-state index contributed by atoms with van der Waals surface area (Å²) in [5.41, 5.74) is 26.2. The third kappa shape index (κ3) is 18.7. The lowest BCUT2D eigenvalue weighted by Gasteiger charge is -2.28. The molecule has 0 spiro atoms. The molecule has 2 aliphatic heterocycles. The van der Waals surface area contributed by atoms with E-state index in [4.69, 9.17) is 73.9 Å². The van der Waals surface area contributed by atoms with Crippen molar-refractivity contribution in [1.29, 1.82) is 0 Å². The number of oxazole rings is 1. The van der Waals surface area contributed by atoms with Crippen LogP contribution in [0.5, 0.6) is 0 Å². The van der Waals surface area contributed by atoms with Crippen LogP contribution in [-0.2, 0) is 104 Å². The van der Waals surface area contributed by atoms with Gasteiger partial charge in [-0.1, -0.05) is 152 Å². The third-order valence-electron chi connectivity index (χ3n) is 28.4. The summed E-state index contributed by atoms with van der Waals surface area (Å²) in [4.78, 5) is 79.1. The maximum Gasteiger partial charge on any atom is 0.181 e. The second-order valence-electron chi connectivity index (χ2n) is 37.9. The standard InChI is InChI=1S/C24H27N5.C24H24N4.C23H21N5O.C23H24N4O.C20H19BrN4/c1-16-24(29-14-6-7-15-29)17(2)26-21(25-16)12-13-22-27-23-19-9-5-4-8-18(19)10-11-20(23)28(22)3;1-28-21-11-10-15-4-2-3-5-18(15)24(21)27-23(28)13-12-22-25-19(16-6-7-16)14-20(26-22)17-8-9-17;1-14-22(18-12-29-13-24-18)15(2)26-20(25-14)10-11-21-27-23-17-7-5-4-6-16(17)8-9-19(23)28(21)3;1-14-22(17-12-28-13-17)15(2)25-20(24-14)10-11-21-26-23-18-7-5-4-6-16(18)8-9-19(23)27(21)3;1-12-19(21)13(2)23-17(22-12)10-11-18-24-20-15-7-5-4-6-14(15)8-9-16(20)25(18)3/h4-5,8-11H,6-7,12-15H2,1-3H3;2-5,10-11,14,16-17H,6-9,12-13H2,1H3;4-9,12-13H,10-11H2,1-3H3;4-9,17H,10-13H2,1-3H3;4-9H,10-11H2,1-3H3. The smallest absolute Gasteiger partial charge is 0.181 e. The highest BCUT2D eigenvalue weighted by molar-refractivity contribution is 9.10. The largest absolute Gasteiger partial charge is 0.451 e. The van der Waals surface area contributed by atoms with Gasteiger partial charge in [0.2, 0.25) is 0 Å². The molecule has 139 heavy (non-hydrogen) atoms. The van der Waals surface area contributed by atoms with Crippen LogP contribution in [0.2, 0.25) is 0 Å². The summed E-state index contributed by atoms with van der Waals surface area (Å²) in [6.07, 6.45) is 18.8. The van der Waals surface area contributed by atoms with Crippen LogP contribution in [0.3, 0.4) is 0 Å². The van der Waals surface area contributed by atoms with Gasteiger partial charge in [-0.2, -0.15) is 0 Å². The van der Waals surface area contributed by atoms with Crippen LogP contribution in [0.15, 0.2) is 210 Å². The van der Waals surface area contributed by atoms with Crippen LogP contribution in [-0.4, -0.2) is 129 Å². The Labute approximate surface area is 816 Å². The van der Waals surface area contributed by atoms with Gasteiger partial charge in [-0.05, 0) is 173 Å². The molecule has 13 heterocycles. The fourth-order valence-electron chi connectivity index (χ4n) is 20.6. The van der Waals surface area contributed by atoms with Crippen LogP contribution < -0.4 is 4.90 Å². The number of halogens is 1. The second kappa shape index (κ2) is 38.9. The highest BCUT2D eigenvalue weighted by Gasteiger charge is 2.32. The molecule has 25 heteroatoms. The number of fused-ring (bicyclic) bond motifs is 15. The van der Waals surface area contributed by atoms with E-state index in [-0.39, 0.29) is 0 Å². The molecule has 700 valence electrons. The fourth-order valence-corrected chi connectivity index (χ4v) is 20.8. The first kappa shape index (κ1) is 91.1. The molecule has 0 unspecified atom stereocenters. The monoisotopic (exact) mass is 1900 g/mol. The van der Waals surface area contributed by atoms with Crippen molar-refractivity contribution in [2.45, 2.75) is 176 Å². The minimum absolute atomic E-state index is 0.460. The van der Waals surface area contributed by atoms with Crippen molar-refractivity contribution < 1.29 is 9.15 Å². The highest BCUT2D eigenvalue weighted by atomic mass is 79.9. The first-order valence-corrected chi connectivity index (χ1v) is 49.7. The Kier molecular flexibility index (Phi) is 25.5. The van der Waals surface area contributed by atoms with Gasteiger partial charge in [-0.25, -0.2) is 79.7 Å². The molecule has 21 aromatic rings. The van der Waals surface area contributed by atoms with Crippen molar-refractivity contribution in [3.63, 3.8) is 0 Å². The summed E-state index contributed by atoms with van der Waals surface area (Å²) in [5, 5.41) is 12.2. The summed E-state index contributed by atoms with van der Waals surface area (Å²) < 4.78 is 22.4. The molecule has 24 nitrogen and oxygen atoms in total. The van der Waals surface area contributed by atoms with Crippen LogP contribution >= 0.6 is 15.9 Å². The maximum atomic E-state index is 5.34. The summed E-state index contributed by atoms with van der Waals surface area (Å²) in [6, 6.07) is 66.1. The van der Waals surface area contributed by atoms with Gasteiger partial charge in [0.15, 0.2) is 6.39 Å². The zero-order valence-corrected chi connectivity index (χ0v) is 83.0. The lowest BCUT2D eigenvalue weighted by atomic mass is 9.95. The second-order valence-corrected chi connectivity index (χ2v) is 38.7. The number of aromatic nitrogens is 21. The Morgan fingerprint density at radius 1 is 0.309 bits per heavy atom. The van der Waals surface area contributed by atoms with Gasteiger partial charge in [0, 0.05) is 191 Å². The number of imidazole rings is 5. The summed E-state index contributed by atoms with van der Waals surface area (Å²) in [5.74, 6) is 11.7. The molecule has 4 fully saturated rings. The third-order valence-corrected chi connectivity index (χ3v) is 29.5. The molecule has 0 atom stereocenters. The first-order valence-electron chi connectivity index (χ1n) is 48.9. The van der Waals surface area contributed by atoms with Gasteiger partial charge in [0.25, 0.3) is 0 Å². The summed E-state index contributed by atoms with van der Waals surface area (Å²) in [6.45, 7) is 20.2. The molecule has 0 amide bonds. The van der Waals surface area contributed by atoms with E-state index in [1.165, 1.54) is 138 Å². The predicted molar refractivity (Wildman–Crippen MR) is 558 cm³/mol. The summed E-state index contributed by atoms with van der Waals surface area (Å²) in [7, 11) is 10.5. The Hall–Kier alpha value is -14.3. The van der Waals surface area contributed by atoms with Gasteiger partial charge in [0.05, 0.1) is 113 Å². The number of rotatable bonds is 20. The topological polar surface area (TPSA) is 256 Å². The number of nitrogens with zero attached hydrogens (tertiary/aromatic N) is 22. The lowest BCUT2D eigenvalue weighted by molar-refractivity contribution is 0.00756. The van der Waals surface area contributed by atoms with E-state index < -0.39 is 0 Å². The molecular formula is C114H115BrN22O2. The lowest BCUT2D eigenvalue weighted by Crippen LogP contribution is -2.27.